The van der Waals surface area contributed by atoms with Gasteiger partial charge in [-0.3, -0.25) is 19.4 Å². The van der Waals surface area contributed by atoms with Crippen LogP contribution in [-0.2, 0) is 32.3 Å². The summed E-state index contributed by atoms with van der Waals surface area (Å²) in [4.78, 5) is 42.4. The molecule has 2 N–H and O–H groups in total. The predicted octanol–water partition coefficient (Wildman–Crippen LogP) is 3.33. The smallest absolute Gasteiger partial charge is 0.303 e. The van der Waals surface area contributed by atoms with Crippen molar-refractivity contribution in [2.75, 3.05) is 17.3 Å². The zero-order valence-corrected chi connectivity index (χ0v) is 19.2. The molecule has 0 saturated carbocycles. The SMILES string of the molecule is CCC(NCc1cccnc1COC(C)=O)c1ccc2c(c1)N(C)C(=O)C(C)(C)C(=O)N2. The van der Waals surface area contributed by atoms with Crippen molar-refractivity contribution < 1.29 is 19.1 Å². The molecule has 0 aliphatic carbocycles. The van der Waals surface area contributed by atoms with Gasteiger partial charge in [-0.25, -0.2) is 0 Å². The Kier molecular flexibility index (Phi) is 6.93. The first kappa shape index (κ1) is 23.4. The van der Waals surface area contributed by atoms with Gasteiger partial charge in [0.1, 0.15) is 12.0 Å². The fourth-order valence-corrected chi connectivity index (χ4v) is 3.72. The molecule has 1 atom stereocenters. The minimum atomic E-state index is -1.14. The number of fused-ring (bicyclic) bond motifs is 1. The van der Waals surface area contributed by atoms with Gasteiger partial charge in [0.05, 0.1) is 17.1 Å². The fourth-order valence-electron chi connectivity index (χ4n) is 3.72. The minimum absolute atomic E-state index is 0.0116. The molecule has 2 aromatic rings. The summed E-state index contributed by atoms with van der Waals surface area (Å²) in [5.74, 6) is -0.916. The Bertz CT molecular complexity index is 1030. The number of aromatic nitrogens is 1. The molecule has 0 fully saturated rings. The van der Waals surface area contributed by atoms with E-state index in [9.17, 15) is 14.4 Å². The van der Waals surface area contributed by atoms with Crippen LogP contribution in [0.15, 0.2) is 36.5 Å². The van der Waals surface area contributed by atoms with Crippen molar-refractivity contribution in [3.8, 4) is 0 Å². The molecule has 0 spiro atoms. The van der Waals surface area contributed by atoms with E-state index in [1.807, 2.05) is 30.3 Å². The van der Waals surface area contributed by atoms with Crippen LogP contribution in [0.4, 0.5) is 11.4 Å². The van der Waals surface area contributed by atoms with Crippen molar-refractivity contribution in [1.29, 1.82) is 0 Å². The van der Waals surface area contributed by atoms with Crippen LogP contribution in [-0.4, -0.2) is 29.8 Å². The van der Waals surface area contributed by atoms with E-state index < -0.39 is 5.41 Å². The molecule has 1 aromatic carbocycles. The predicted molar refractivity (Wildman–Crippen MR) is 122 cm³/mol. The number of anilines is 2. The summed E-state index contributed by atoms with van der Waals surface area (Å²) in [7, 11) is 1.69. The second kappa shape index (κ2) is 9.48. The van der Waals surface area contributed by atoms with Crippen molar-refractivity contribution in [1.82, 2.24) is 10.3 Å². The van der Waals surface area contributed by atoms with Crippen molar-refractivity contribution >= 4 is 29.2 Å². The molecular weight excluding hydrogens is 408 g/mol. The molecule has 0 bridgehead atoms. The summed E-state index contributed by atoms with van der Waals surface area (Å²) in [6, 6.07) is 9.56. The molecule has 1 aliphatic rings. The van der Waals surface area contributed by atoms with E-state index in [4.69, 9.17) is 4.74 Å². The molecule has 3 rings (SSSR count). The normalized spacial score (nSPS) is 16.1. The zero-order valence-electron chi connectivity index (χ0n) is 19.2. The number of amides is 2. The maximum absolute atomic E-state index is 12.9. The molecule has 170 valence electrons. The Labute approximate surface area is 188 Å². The van der Waals surface area contributed by atoms with E-state index in [0.29, 0.717) is 23.6 Å². The molecule has 8 heteroatoms. The number of rotatable bonds is 7. The van der Waals surface area contributed by atoms with Crippen LogP contribution in [0.3, 0.4) is 0 Å². The highest BCUT2D eigenvalue weighted by Gasteiger charge is 2.41. The Balaban J connectivity index is 1.82. The molecule has 2 amide bonds. The van der Waals surface area contributed by atoms with E-state index in [1.54, 1.807) is 32.0 Å². The second-order valence-electron chi connectivity index (χ2n) is 8.45. The summed E-state index contributed by atoms with van der Waals surface area (Å²) in [5, 5.41) is 6.41. The number of pyridine rings is 1. The number of ether oxygens (including phenoxy) is 1. The Morgan fingerprint density at radius 1 is 1.28 bits per heavy atom. The minimum Gasteiger partial charge on any atom is -0.459 e. The maximum atomic E-state index is 12.9. The van der Waals surface area contributed by atoms with E-state index in [-0.39, 0.29) is 30.4 Å². The van der Waals surface area contributed by atoms with E-state index >= 15 is 0 Å². The van der Waals surface area contributed by atoms with E-state index in [0.717, 1.165) is 17.5 Å². The first-order valence-electron chi connectivity index (χ1n) is 10.7. The number of hydrogen-bond acceptors (Lipinski definition) is 6. The van der Waals surface area contributed by atoms with Crippen molar-refractivity contribution in [3.63, 3.8) is 0 Å². The van der Waals surface area contributed by atoms with Gasteiger partial charge in [0.25, 0.3) is 0 Å². The van der Waals surface area contributed by atoms with Crippen LogP contribution >= 0.6 is 0 Å². The fraction of sp³-hybridized carbons (Fsp3) is 0.417. The number of carbonyl (C=O) groups excluding carboxylic acids is 3. The average molecular weight is 439 g/mol. The van der Waals surface area contributed by atoms with Crippen LogP contribution in [0.25, 0.3) is 0 Å². The molecule has 1 aliphatic heterocycles. The molecule has 0 radical (unpaired) electrons. The third kappa shape index (κ3) is 4.80. The van der Waals surface area contributed by atoms with Gasteiger partial charge in [-0.15, -0.1) is 0 Å². The quantitative estimate of drug-likeness (QED) is 0.508. The van der Waals surface area contributed by atoms with Crippen molar-refractivity contribution in [2.24, 2.45) is 5.41 Å². The summed E-state index contributed by atoms with van der Waals surface area (Å²) in [6.07, 6.45) is 2.49. The zero-order chi connectivity index (χ0) is 23.5. The third-order valence-electron chi connectivity index (χ3n) is 5.78. The van der Waals surface area contributed by atoms with Crippen molar-refractivity contribution in [3.05, 3.63) is 53.3 Å². The van der Waals surface area contributed by atoms with E-state index in [1.165, 1.54) is 6.92 Å². The third-order valence-corrected chi connectivity index (χ3v) is 5.78. The topological polar surface area (TPSA) is 101 Å². The highest BCUT2D eigenvalue weighted by Crippen LogP contribution is 2.36. The van der Waals surface area contributed by atoms with Gasteiger partial charge in [0.15, 0.2) is 0 Å². The van der Waals surface area contributed by atoms with Crippen molar-refractivity contribution in [2.45, 2.75) is 53.3 Å². The van der Waals surface area contributed by atoms with Crippen LogP contribution in [0.1, 0.15) is 57.0 Å². The summed E-state index contributed by atoms with van der Waals surface area (Å²) < 4.78 is 5.11. The number of hydrogen-bond donors (Lipinski definition) is 2. The second-order valence-corrected chi connectivity index (χ2v) is 8.45. The number of nitrogens with zero attached hydrogens (tertiary/aromatic N) is 2. The monoisotopic (exact) mass is 438 g/mol. The van der Waals surface area contributed by atoms with Gasteiger partial charge < -0.3 is 20.3 Å². The highest BCUT2D eigenvalue weighted by molar-refractivity contribution is 6.19. The number of carbonyl (C=O) groups is 3. The summed E-state index contributed by atoms with van der Waals surface area (Å²) in [6.45, 7) is 7.38. The lowest BCUT2D eigenvalue weighted by molar-refractivity contribution is -0.142. The van der Waals surface area contributed by atoms with E-state index in [2.05, 4.69) is 22.5 Å². The van der Waals surface area contributed by atoms with Gasteiger partial charge in [-0.2, -0.15) is 0 Å². The van der Waals surface area contributed by atoms with Gasteiger partial charge in [0.2, 0.25) is 11.8 Å². The molecule has 1 aromatic heterocycles. The number of benzene rings is 1. The molecule has 32 heavy (non-hydrogen) atoms. The lowest BCUT2D eigenvalue weighted by Crippen LogP contribution is -2.43. The molecule has 2 heterocycles. The molecule has 1 unspecified atom stereocenters. The molecule has 0 saturated heterocycles. The van der Waals surface area contributed by atoms with Crippen LogP contribution in [0.5, 0.6) is 0 Å². The Hall–Kier alpha value is -3.26. The highest BCUT2D eigenvalue weighted by atomic mass is 16.5. The van der Waals surface area contributed by atoms with Gasteiger partial charge in [-0.1, -0.05) is 19.1 Å². The van der Waals surface area contributed by atoms with Crippen LogP contribution < -0.4 is 15.5 Å². The molecule has 8 nitrogen and oxygen atoms in total. The largest absolute Gasteiger partial charge is 0.459 e. The van der Waals surface area contributed by atoms with Gasteiger partial charge in [-0.05, 0) is 49.6 Å². The summed E-state index contributed by atoms with van der Waals surface area (Å²) in [5.41, 5.74) is 2.81. The Morgan fingerprint density at radius 2 is 2.03 bits per heavy atom. The lowest BCUT2D eigenvalue weighted by atomic mass is 9.91. The standard InChI is InChI=1S/C24H30N4O4/c1-6-18(26-13-17-8-7-11-25-20(17)14-32-15(2)29)16-9-10-19-21(12-16)28(5)23(31)24(3,4)22(30)27-19/h7-12,18,26H,6,13-14H2,1-5H3,(H,27,30). The average Bonchev–Trinajstić information content (AvgIpc) is 2.83. The first-order chi connectivity index (χ1) is 15.1. The maximum Gasteiger partial charge on any atom is 0.303 e. The first-order valence-corrected chi connectivity index (χ1v) is 10.7. The number of nitrogens with one attached hydrogen (secondary N) is 2. The van der Waals surface area contributed by atoms with Crippen LogP contribution in [0, 0.1) is 5.41 Å². The Morgan fingerprint density at radius 3 is 2.72 bits per heavy atom. The summed E-state index contributed by atoms with van der Waals surface area (Å²) >= 11 is 0. The van der Waals surface area contributed by atoms with Gasteiger partial charge >= 0.3 is 5.97 Å². The van der Waals surface area contributed by atoms with Crippen LogP contribution in [0.2, 0.25) is 0 Å². The number of esters is 1. The lowest BCUT2D eigenvalue weighted by Gasteiger charge is -2.25. The molecular formula is C24H30N4O4. The van der Waals surface area contributed by atoms with Gasteiger partial charge in [0, 0.05) is 32.8 Å².